The van der Waals surface area contributed by atoms with Gasteiger partial charge in [0.2, 0.25) is 5.95 Å². The topological polar surface area (TPSA) is 73.6 Å². The van der Waals surface area contributed by atoms with Crippen LogP contribution in [-0.4, -0.2) is 16.0 Å². The highest BCUT2D eigenvalue weighted by atomic mass is 32.2. The number of aryl methyl sites for hydroxylation is 1. The van der Waals surface area contributed by atoms with Crippen molar-refractivity contribution in [3.05, 3.63) is 63.8 Å². The molecule has 0 amide bonds. The van der Waals surface area contributed by atoms with Gasteiger partial charge in [0.25, 0.3) is 0 Å². The Kier molecular flexibility index (Phi) is 6.95. The van der Waals surface area contributed by atoms with Gasteiger partial charge in [-0.25, -0.2) is 9.97 Å². The quantitative estimate of drug-likeness (QED) is 0.589. The second kappa shape index (κ2) is 9.62. The van der Waals surface area contributed by atoms with E-state index >= 15 is 0 Å². The largest absolute Gasteiger partial charge is 0.352 e. The zero-order chi connectivity index (χ0) is 20.8. The SMILES string of the molecule is Cc1cnc(NC(C)CCC(C)C)nc1/C(C#N)=C1/NC(c2ccccc2)=CS1. The first-order valence-electron chi connectivity index (χ1n) is 9.92. The lowest BCUT2D eigenvalue weighted by Crippen LogP contribution is -2.18. The van der Waals surface area contributed by atoms with Crippen LogP contribution < -0.4 is 10.6 Å². The van der Waals surface area contributed by atoms with Gasteiger partial charge in [-0.15, -0.1) is 0 Å². The maximum Gasteiger partial charge on any atom is 0.223 e. The third-order valence-corrected chi connectivity index (χ3v) is 5.62. The molecule has 0 spiro atoms. The van der Waals surface area contributed by atoms with Crippen LogP contribution in [0.1, 0.15) is 50.4 Å². The van der Waals surface area contributed by atoms with Crippen LogP contribution in [0.3, 0.4) is 0 Å². The van der Waals surface area contributed by atoms with E-state index in [0.717, 1.165) is 34.7 Å². The lowest BCUT2D eigenvalue weighted by molar-refractivity contribution is 0.526. The van der Waals surface area contributed by atoms with Crippen molar-refractivity contribution in [3.63, 3.8) is 0 Å². The number of nitrogens with one attached hydrogen (secondary N) is 2. The Bertz CT molecular complexity index is 957. The number of aromatic nitrogens is 2. The summed E-state index contributed by atoms with van der Waals surface area (Å²) in [6.45, 7) is 8.52. The third-order valence-electron chi connectivity index (χ3n) is 4.73. The molecule has 1 aromatic heterocycles. The monoisotopic (exact) mass is 405 g/mol. The minimum atomic E-state index is 0.275. The highest BCUT2D eigenvalue weighted by molar-refractivity contribution is 8.06. The Hall–Kier alpha value is -2.78. The van der Waals surface area contributed by atoms with E-state index in [1.165, 1.54) is 11.8 Å². The zero-order valence-corrected chi connectivity index (χ0v) is 18.2. The molecule has 3 rings (SSSR count). The number of anilines is 1. The van der Waals surface area contributed by atoms with Crippen LogP contribution in [0.2, 0.25) is 0 Å². The molecule has 0 saturated carbocycles. The van der Waals surface area contributed by atoms with Crippen LogP contribution >= 0.6 is 11.8 Å². The van der Waals surface area contributed by atoms with Crippen molar-refractivity contribution in [2.24, 2.45) is 5.92 Å². The van der Waals surface area contributed by atoms with Gasteiger partial charge < -0.3 is 10.6 Å². The van der Waals surface area contributed by atoms with Gasteiger partial charge in [0.15, 0.2) is 0 Å². The first kappa shape index (κ1) is 20.9. The lowest BCUT2D eigenvalue weighted by atomic mass is 10.0. The van der Waals surface area contributed by atoms with E-state index in [0.29, 0.717) is 23.1 Å². The molecule has 0 saturated heterocycles. The van der Waals surface area contributed by atoms with E-state index in [1.807, 2.05) is 42.7 Å². The number of hydrogen-bond donors (Lipinski definition) is 2. The van der Waals surface area contributed by atoms with Crippen molar-refractivity contribution >= 4 is 29.0 Å². The second-order valence-electron chi connectivity index (χ2n) is 7.70. The van der Waals surface area contributed by atoms with Crippen molar-refractivity contribution in [3.8, 4) is 6.07 Å². The summed E-state index contributed by atoms with van der Waals surface area (Å²) in [7, 11) is 0. The smallest absolute Gasteiger partial charge is 0.223 e. The molecule has 1 aliphatic rings. The van der Waals surface area contributed by atoms with Crippen molar-refractivity contribution in [2.75, 3.05) is 5.32 Å². The van der Waals surface area contributed by atoms with E-state index < -0.39 is 0 Å². The minimum absolute atomic E-state index is 0.275. The maximum absolute atomic E-state index is 9.87. The first-order valence-corrected chi connectivity index (χ1v) is 10.8. The van der Waals surface area contributed by atoms with Gasteiger partial charge in [-0.2, -0.15) is 5.26 Å². The molecule has 0 radical (unpaired) electrons. The van der Waals surface area contributed by atoms with E-state index in [2.05, 4.69) is 47.4 Å². The molecule has 29 heavy (non-hydrogen) atoms. The lowest BCUT2D eigenvalue weighted by Gasteiger charge is -2.16. The fourth-order valence-electron chi connectivity index (χ4n) is 3.03. The summed E-state index contributed by atoms with van der Waals surface area (Å²) >= 11 is 1.52. The molecule has 1 unspecified atom stereocenters. The molecule has 2 N–H and O–H groups in total. The van der Waals surface area contributed by atoms with Crippen molar-refractivity contribution in [1.82, 2.24) is 15.3 Å². The number of hydrogen-bond acceptors (Lipinski definition) is 6. The molecular weight excluding hydrogens is 378 g/mol. The van der Waals surface area contributed by atoms with Crippen LogP contribution in [0.25, 0.3) is 11.3 Å². The molecule has 0 aliphatic carbocycles. The van der Waals surface area contributed by atoms with Crippen LogP contribution in [0.5, 0.6) is 0 Å². The standard InChI is InChI=1S/C23H27N5S/c1-15(2)10-11-17(4)26-23-25-13-16(3)21(28-23)19(12-24)22-27-20(14-29-22)18-8-6-5-7-9-18/h5-9,13-15,17,27H,10-11H2,1-4H3,(H,25,26,28)/b22-19-. The summed E-state index contributed by atoms with van der Waals surface area (Å²) in [6, 6.07) is 12.7. The number of benzene rings is 1. The predicted octanol–water partition coefficient (Wildman–Crippen LogP) is 5.55. The van der Waals surface area contributed by atoms with E-state index in [4.69, 9.17) is 0 Å². The van der Waals surface area contributed by atoms with Crippen LogP contribution in [0, 0.1) is 24.2 Å². The second-order valence-corrected chi connectivity index (χ2v) is 8.58. The van der Waals surface area contributed by atoms with Gasteiger partial charge in [-0.05, 0) is 43.7 Å². The molecule has 0 bridgehead atoms. The van der Waals surface area contributed by atoms with Gasteiger partial charge >= 0.3 is 0 Å². The zero-order valence-electron chi connectivity index (χ0n) is 17.4. The Morgan fingerprint density at radius 3 is 2.66 bits per heavy atom. The average Bonchev–Trinajstić information content (AvgIpc) is 3.20. The fraction of sp³-hybridized carbons (Fsp3) is 0.348. The molecule has 1 aromatic carbocycles. The number of nitrogens with zero attached hydrogens (tertiary/aromatic N) is 3. The molecule has 2 aromatic rings. The average molecular weight is 406 g/mol. The molecule has 2 heterocycles. The molecular formula is C23H27N5S. The summed E-state index contributed by atoms with van der Waals surface area (Å²) < 4.78 is 0. The third kappa shape index (κ3) is 5.39. The summed E-state index contributed by atoms with van der Waals surface area (Å²) in [6.07, 6.45) is 3.98. The van der Waals surface area contributed by atoms with Gasteiger partial charge in [0.05, 0.1) is 16.4 Å². The molecule has 1 atom stereocenters. The molecule has 5 nitrogen and oxygen atoms in total. The van der Waals surface area contributed by atoms with Crippen LogP contribution in [0.4, 0.5) is 5.95 Å². The van der Waals surface area contributed by atoms with Crippen molar-refractivity contribution < 1.29 is 0 Å². The Labute approximate surface area is 177 Å². The Morgan fingerprint density at radius 1 is 1.21 bits per heavy atom. The number of thioether (sulfide) groups is 1. The molecule has 1 aliphatic heterocycles. The number of rotatable bonds is 7. The minimum Gasteiger partial charge on any atom is -0.352 e. The van der Waals surface area contributed by atoms with Gasteiger partial charge in [-0.3, -0.25) is 0 Å². The van der Waals surface area contributed by atoms with Gasteiger partial charge in [-0.1, -0.05) is 55.9 Å². The predicted molar refractivity (Wildman–Crippen MR) is 122 cm³/mol. The highest BCUT2D eigenvalue weighted by Crippen LogP contribution is 2.35. The summed E-state index contributed by atoms with van der Waals surface area (Å²) in [5.41, 5.74) is 4.16. The number of allylic oxidation sites excluding steroid dienone is 1. The maximum atomic E-state index is 9.87. The summed E-state index contributed by atoms with van der Waals surface area (Å²) in [5.74, 6) is 1.23. The highest BCUT2D eigenvalue weighted by Gasteiger charge is 2.20. The van der Waals surface area contributed by atoms with Crippen LogP contribution in [0.15, 0.2) is 47.0 Å². The Morgan fingerprint density at radius 2 is 1.97 bits per heavy atom. The fourth-order valence-corrected chi connectivity index (χ4v) is 3.89. The van der Waals surface area contributed by atoms with E-state index in [1.54, 1.807) is 6.20 Å². The van der Waals surface area contributed by atoms with Gasteiger partial charge in [0, 0.05) is 17.6 Å². The number of nitriles is 1. The molecule has 0 fully saturated rings. The van der Waals surface area contributed by atoms with Crippen molar-refractivity contribution in [2.45, 2.75) is 46.6 Å². The normalized spacial score (nSPS) is 16.1. The summed E-state index contributed by atoms with van der Waals surface area (Å²) in [4.78, 5) is 9.09. The first-order chi connectivity index (χ1) is 14.0. The molecule has 150 valence electrons. The van der Waals surface area contributed by atoms with Gasteiger partial charge in [0.1, 0.15) is 11.6 Å². The molecule has 6 heteroatoms. The van der Waals surface area contributed by atoms with Crippen molar-refractivity contribution in [1.29, 1.82) is 5.26 Å². The Balaban J connectivity index is 1.81. The summed E-state index contributed by atoms with van der Waals surface area (Å²) in [5, 5.41) is 19.5. The van der Waals surface area contributed by atoms with E-state index in [-0.39, 0.29) is 6.04 Å². The van der Waals surface area contributed by atoms with Crippen LogP contribution in [-0.2, 0) is 0 Å². The van der Waals surface area contributed by atoms with E-state index in [9.17, 15) is 5.26 Å².